The van der Waals surface area contributed by atoms with Gasteiger partial charge in [0.25, 0.3) is 11.8 Å². The van der Waals surface area contributed by atoms with Gasteiger partial charge < -0.3 is 14.8 Å². The van der Waals surface area contributed by atoms with Gasteiger partial charge in [-0.1, -0.05) is 6.07 Å². The van der Waals surface area contributed by atoms with E-state index in [0.29, 0.717) is 31.9 Å². The maximum Gasteiger partial charge on any atom is 0.270 e. The number of fused-ring (bicyclic) bond motifs is 1. The molecule has 1 aromatic heterocycles. The molecule has 4 rings (SSSR count). The highest BCUT2D eigenvalue weighted by atomic mass is 16.2. The molecule has 25 heavy (non-hydrogen) atoms. The Morgan fingerprint density at radius 3 is 2.36 bits per heavy atom. The minimum Gasteiger partial charge on any atom is -0.357 e. The van der Waals surface area contributed by atoms with Gasteiger partial charge in [0.1, 0.15) is 5.69 Å². The second-order valence-electron chi connectivity index (χ2n) is 6.86. The number of carbonyl (C=O) groups is 2. The molecule has 2 aliphatic rings. The number of benzene rings is 1. The van der Waals surface area contributed by atoms with E-state index in [2.05, 4.69) is 17.1 Å². The summed E-state index contributed by atoms with van der Waals surface area (Å²) < 4.78 is 0. The Morgan fingerprint density at radius 1 is 0.840 bits per heavy atom. The van der Waals surface area contributed by atoms with Crippen LogP contribution >= 0.6 is 0 Å². The third-order valence-corrected chi connectivity index (χ3v) is 5.24. The zero-order valence-corrected chi connectivity index (χ0v) is 14.3. The van der Waals surface area contributed by atoms with Crippen molar-refractivity contribution in [3.63, 3.8) is 0 Å². The quantitative estimate of drug-likeness (QED) is 0.915. The Kier molecular flexibility index (Phi) is 4.30. The van der Waals surface area contributed by atoms with Crippen LogP contribution in [0.25, 0.3) is 0 Å². The Bertz CT molecular complexity index is 782. The lowest BCUT2D eigenvalue weighted by Gasteiger charge is -2.22. The van der Waals surface area contributed by atoms with E-state index in [0.717, 1.165) is 24.8 Å². The lowest BCUT2D eigenvalue weighted by atomic mass is 10.1. The summed E-state index contributed by atoms with van der Waals surface area (Å²) in [6.45, 7) is 2.55. The summed E-state index contributed by atoms with van der Waals surface area (Å²) in [5, 5.41) is 0. The van der Waals surface area contributed by atoms with Gasteiger partial charge in [-0.15, -0.1) is 0 Å². The molecule has 0 bridgehead atoms. The van der Waals surface area contributed by atoms with E-state index >= 15 is 0 Å². The van der Waals surface area contributed by atoms with Crippen LogP contribution in [0.3, 0.4) is 0 Å². The summed E-state index contributed by atoms with van der Waals surface area (Å²) in [4.78, 5) is 32.0. The number of rotatable bonds is 2. The van der Waals surface area contributed by atoms with Crippen molar-refractivity contribution < 1.29 is 9.59 Å². The van der Waals surface area contributed by atoms with E-state index in [1.165, 1.54) is 17.5 Å². The monoisotopic (exact) mass is 337 g/mol. The first-order chi connectivity index (χ1) is 12.2. The molecule has 5 heteroatoms. The van der Waals surface area contributed by atoms with Gasteiger partial charge in [-0.05, 0) is 61.1 Å². The van der Waals surface area contributed by atoms with Crippen LogP contribution in [0.1, 0.15) is 44.8 Å². The number of hydrogen-bond donors (Lipinski definition) is 1. The number of H-pyrrole nitrogens is 1. The van der Waals surface area contributed by atoms with Crippen LogP contribution in [0, 0.1) is 0 Å². The molecule has 5 nitrogen and oxygen atoms in total. The first-order valence-electron chi connectivity index (χ1n) is 9.06. The van der Waals surface area contributed by atoms with Crippen LogP contribution in [-0.4, -0.2) is 52.8 Å². The fourth-order valence-corrected chi connectivity index (χ4v) is 3.84. The molecule has 1 fully saturated rings. The van der Waals surface area contributed by atoms with Gasteiger partial charge in [0.05, 0.1) is 0 Å². The number of aromatic nitrogens is 1. The van der Waals surface area contributed by atoms with Crippen LogP contribution in [-0.2, 0) is 12.8 Å². The standard InChI is InChI=1S/C20H23N3O2/c24-19(17-8-7-15-4-1-5-16(15)14-17)22-10-3-11-23(13-12-22)20(25)18-6-2-9-21-18/h2,6-9,14,21H,1,3-5,10-13H2. The van der Waals surface area contributed by atoms with Crippen LogP contribution in [0.2, 0.25) is 0 Å². The van der Waals surface area contributed by atoms with E-state index in [9.17, 15) is 9.59 Å². The molecule has 0 saturated carbocycles. The molecule has 1 saturated heterocycles. The minimum absolute atomic E-state index is 0.0110. The third kappa shape index (κ3) is 3.18. The molecule has 1 aliphatic heterocycles. The topological polar surface area (TPSA) is 56.4 Å². The van der Waals surface area contributed by atoms with E-state index in [-0.39, 0.29) is 11.8 Å². The highest BCUT2D eigenvalue weighted by Gasteiger charge is 2.24. The lowest BCUT2D eigenvalue weighted by Crippen LogP contribution is -2.37. The molecule has 2 aromatic rings. The number of hydrogen-bond acceptors (Lipinski definition) is 2. The van der Waals surface area contributed by atoms with Gasteiger partial charge in [-0.25, -0.2) is 0 Å². The van der Waals surface area contributed by atoms with Gasteiger partial charge in [0.15, 0.2) is 0 Å². The zero-order chi connectivity index (χ0) is 17.2. The molecular formula is C20H23N3O2. The highest BCUT2D eigenvalue weighted by Crippen LogP contribution is 2.23. The first-order valence-corrected chi connectivity index (χ1v) is 9.06. The van der Waals surface area contributed by atoms with Crippen molar-refractivity contribution in [2.75, 3.05) is 26.2 Å². The average Bonchev–Trinajstić information content (AvgIpc) is 3.27. The lowest BCUT2D eigenvalue weighted by molar-refractivity contribution is 0.0716. The summed E-state index contributed by atoms with van der Waals surface area (Å²) in [5.41, 5.74) is 4.10. The summed E-state index contributed by atoms with van der Waals surface area (Å²) in [6.07, 6.45) is 5.96. The normalized spacial score (nSPS) is 17.3. The molecule has 0 radical (unpaired) electrons. The molecule has 1 aromatic carbocycles. The molecule has 1 aliphatic carbocycles. The summed E-state index contributed by atoms with van der Waals surface area (Å²) in [7, 11) is 0. The first kappa shape index (κ1) is 15.9. The van der Waals surface area contributed by atoms with Crippen molar-refractivity contribution >= 4 is 11.8 Å². The third-order valence-electron chi connectivity index (χ3n) is 5.24. The molecule has 0 unspecified atom stereocenters. The molecule has 2 amide bonds. The van der Waals surface area contributed by atoms with Crippen molar-refractivity contribution in [1.82, 2.24) is 14.8 Å². The fraction of sp³-hybridized carbons (Fsp3) is 0.400. The number of carbonyl (C=O) groups excluding carboxylic acids is 2. The number of aryl methyl sites for hydroxylation is 2. The van der Waals surface area contributed by atoms with Crippen LogP contribution in [0.5, 0.6) is 0 Å². The maximum absolute atomic E-state index is 12.9. The Labute approximate surface area is 147 Å². The molecule has 130 valence electrons. The number of nitrogens with zero attached hydrogens (tertiary/aromatic N) is 2. The van der Waals surface area contributed by atoms with E-state index in [1.807, 2.05) is 21.9 Å². The van der Waals surface area contributed by atoms with Crippen molar-refractivity contribution in [2.24, 2.45) is 0 Å². The Balaban J connectivity index is 1.44. The number of aromatic amines is 1. The molecule has 0 spiro atoms. The van der Waals surface area contributed by atoms with Gasteiger partial charge in [0, 0.05) is 37.9 Å². The van der Waals surface area contributed by atoms with Crippen LogP contribution in [0.15, 0.2) is 36.5 Å². The molecular weight excluding hydrogens is 314 g/mol. The van der Waals surface area contributed by atoms with Crippen LogP contribution < -0.4 is 0 Å². The zero-order valence-electron chi connectivity index (χ0n) is 14.3. The van der Waals surface area contributed by atoms with Gasteiger partial charge in [0.2, 0.25) is 0 Å². The second kappa shape index (κ2) is 6.75. The highest BCUT2D eigenvalue weighted by molar-refractivity contribution is 5.95. The predicted molar refractivity (Wildman–Crippen MR) is 95.7 cm³/mol. The predicted octanol–water partition coefficient (Wildman–Crippen LogP) is 2.49. The van der Waals surface area contributed by atoms with E-state index in [1.54, 1.807) is 12.3 Å². The molecule has 1 N–H and O–H groups in total. The Morgan fingerprint density at radius 2 is 1.60 bits per heavy atom. The average molecular weight is 337 g/mol. The van der Waals surface area contributed by atoms with Crippen LogP contribution in [0.4, 0.5) is 0 Å². The summed E-state index contributed by atoms with van der Waals surface area (Å²) >= 11 is 0. The Hall–Kier alpha value is -2.56. The maximum atomic E-state index is 12.9. The van der Waals surface area contributed by atoms with Crippen molar-refractivity contribution in [1.29, 1.82) is 0 Å². The second-order valence-corrected chi connectivity index (χ2v) is 6.86. The summed E-state index contributed by atoms with van der Waals surface area (Å²) in [5.74, 6) is 0.0979. The molecule has 0 atom stereocenters. The van der Waals surface area contributed by atoms with Gasteiger partial charge >= 0.3 is 0 Å². The number of amides is 2. The smallest absolute Gasteiger partial charge is 0.270 e. The SMILES string of the molecule is O=C(c1ccc2c(c1)CCC2)N1CCCN(C(=O)c2ccc[nH]2)CC1. The largest absolute Gasteiger partial charge is 0.357 e. The van der Waals surface area contributed by atoms with Gasteiger partial charge in [-0.2, -0.15) is 0 Å². The fourth-order valence-electron chi connectivity index (χ4n) is 3.84. The summed E-state index contributed by atoms with van der Waals surface area (Å²) in [6, 6.07) is 9.75. The van der Waals surface area contributed by atoms with Gasteiger partial charge in [-0.3, -0.25) is 9.59 Å². The van der Waals surface area contributed by atoms with Crippen molar-refractivity contribution in [3.8, 4) is 0 Å². The van der Waals surface area contributed by atoms with E-state index < -0.39 is 0 Å². The van der Waals surface area contributed by atoms with Crippen molar-refractivity contribution in [3.05, 3.63) is 58.9 Å². The van der Waals surface area contributed by atoms with Crippen molar-refractivity contribution in [2.45, 2.75) is 25.7 Å². The van der Waals surface area contributed by atoms with E-state index in [4.69, 9.17) is 0 Å². The minimum atomic E-state index is 0.0110. The number of nitrogens with one attached hydrogen (secondary N) is 1. The molecule has 2 heterocycles.